The van der Waals surface area contributed by atoms with E-state index in [1.54, 1.807) is 0 Å². The van der Waals surface area contributed by atoms with Crippen LogP contribution in [0.25, 0.3) is 0 Å². The average Bonchev–Trinajstić information content (AvgIpc) is 2.52. The van der Waals surface area contributed by atoms with Crippen molar-refractivity contribution in [3.05, 3.63) is 71.8 Å². The normalized spacial score (nSPS) is 11.8. The van der Waals surface area contributed by atoms with Gasteiger partial charge in [-0.25, -0.2) is 4.79 Å². The van der Waals surface area contributed by atoms with Crippen LogP contribution < -0.4 is 0 Å². The molecule has 0 aliphatic heterocycles. The van der Waals surface area contributed by atoms with E-state index in [-0.39, 0.29) is 13.2 Å². The fourth-order valence-electron chi connectivity index (χ4n) is 1.61. The lowest BCUT2D eigenvalue weighted by atomic mass is 10.2. The highest BCUT2D eigenvalue weighted by molar-refractivity contribution is 6.28. The third kappa shape index (κ3) is 4.68. The maximum Gasteiger partial charge on any atom is 0.351 e. The van der Waals surface area contributed by atoms with Crippen LogP contribution in [0.3, 0.4) is 0 Å². The smallest absolute Gasteiger partial charge is 0.351 e. The number of hydrogen-bond acceptors (Lipinski definition) is 3. The Labute approximate surface area is 123 Å². The molecule has 4 heteroatoms. The molecule has 0 saturated heterocycles. The van der Waals surface area contributed by atoms with Gasteiger partial charge in [0.25, 0.3) is 0 Å². The molecule has 20 heavy (non-hydrogen) atoms. The zero-order valence-corrected chi connectivity index (χ0v) is 11.6. The summed E-state index contributed by atoms with van der Waals surface area (Å²) >= 11 is 5.85. The van der Waals surface area contributed by atoms with Crippen LogP contribution >= 0.6 is 11.6 Å². The number of carbonyl (C=O) groups excluding carboxylic acids is 1. The van der Waals surface area contributed by atoms with E-state index in [9.17, 15) is 4.79 Å². The van der Waals surface area contributed by atoms with Gasteiger partial charge in [-0.3, -0.25) is 0 Å². The van der Waals surface area contributed by atoms with Crippen molar-refractivity contribution in [2.24, 2.45) is 0 Å². The van der Waals surface area contributed by atoms with Crippen molar-refractivity contribution in [2.45, 2.75) is 18.8 Å². The van der Waals surface area contributed by atoms with Gasteiger partial charge in [0, 0.05) is 0 Å². The first kappa shape index (κ1) is 14.6. The molecule has 104 valence electrons. The van der Waals surface area contributed by atoms with Crippen molar-refractivity contribution < 1.29 is 14.3 Å². The van der Waals surface area contributed by atoms with E-state index in [0.29, 0.717) is 0 Å². The van der Waals surface area contributed by atoms with Crippen molar-refractivity contribution >= 4 is 17.6 Å². The minimum absolute atomic E-state index is 0.192. The highest BCUT2D eigenvalue weighted by Gasteiger charge is 2.17. The Bertz CT molecular complexity index is 528. The summed E-state index contributed by atoms with van der Waals surface area (Å²) in [4.78, 5) is 11.7. The number of alkyl halides is 1. The third-order valence-electron chi connectivity index (χ3n) is 2.65. The number of ether oxygens (including phenoxy) is 2. The first-order valence-electron chi connectivity index (χ1n) is 6.26. The molecule has 1 unspecified atom stereocenters. The minimum Gasteiger partial charge on any atom is -0.458 e. The topological polar surface area (TPSA) is 35.5 Å². The summed E-state index contributed by atoms with van der Waals surface area (Å²) in [6.45, 7) is 0.465. The second-order valence-corrected chi connectivity index (χ2v) is 4.60. The SMILES string of the molecule is O=C(OCc1ccccc1)C(Cl)OCc1ccccc1. The predicted molar refractivity (Wildman–Crippen MR) is 77.1 cm³/mol. The maximum absolute atomic E-state index is 11.7. The molecule has 1 atom stereocenters. The molecule has 0 saturated carbocycles. The number of carbonyl (C=O) groups is 1. The Hall–Kier alpha value is -1.84. The Morgan fingerprint density at radius 3 is 1.95 bits per heavy atom. The molecule has 0 aromatic heterocycles. The van der Waals surface area contributed by atoms with Crippen LogP contribution in [-0.2, 0) is 27.5 Å². The molecule has 2 rings (SSSR count). The van der Waals surface area contributed by atoms with Gasteiger partial charge >= 0.3 is 5.97 Å². The van der Waals surface area contributed by atoms with E-state index in [0.717, 1.165) is 11.1 Å². The summed E-state index contributed by atoms with van der Waals surface area (Å²) in [5.41, 5.74) is 0.765. The highest BCUT2D eigenvalue weighted by atomic mass is 35.5. The minimum atomic E-state index is -1.10. The number of halogens is 1. The molecule has 3 nitrogen and oxygen atoms in total. The van der Waals surface area contributed by atoms with E-state index >= 15 is 0 Å². The number of esters is 1. The van der Waals surface area contributed by atoms with Gasteiger partial charge in [-0.1, -0.05) is 72.3 Å². The summed E-state index contributed by atoms with van der Waals surface area (Å²) < 4.78 is 10.4. The molecule has 0 bridgehead atoms. The van der Waals surface area contributed by atoms with Crippen molar-refractivity contribution in [3.8, 4) is 0 Å². The quantitative estimate of drug-likeness (QED) is 0.603. The van der Waals surface area contributed by atoms with Gasteiger partial charge in [-0.2, -0.15) is 0 Å². The molecule has 2 aromatic rings. The number of rotatable bonds is 6. The van der Waals surface area contributed by atoms with E-state index < -0.39 is 11.5 Å². The van der Waals surface area contributed by atoms with Gasteiger partial charge in [0.15, 0.2) is 0 Å². The molecular formula is C16H15ClO3. The fraction of sp³-hybridized carbons (Fsp3) is 0.188. The zero-order valence-electron chi connectivity index (χ0n) is 10.9. The standard InChI is InChI=1S/C16H15ClO3/c17-15(19-11-13-7-3-1-4-8-13)16(18)20-12-14-9-5-2-6-10-14/h1-10,15H,11-12H2. The number of benzene rings is 2. The van der Waals surface area contributed by atoms with Crippen molar-refractivity contribution in [2.75, 3.05) is 0 Å². The van der Waals surface area contributed by atoms with E-state index in [1.807, 2.05) is 60.7 Å². The lowest BCUT2D eigenvalue weighted by Gasteiger charge is -2.11. The Morgan fingerprint density at radius 2 is 1.40 bits per heavy atom. The predicted octanol–water partition coefficient (Wildman–Crippen LogP) is 3.51. The van der Waals surface area contributed by atoms with Gasteiger partial charge in [-0.05, 0) is 11.1 Å². The molecule has 0 aliphatic rings. The molecule has 0 aliphatic carbocycles. The van der Waals surface area contributed by atoms with Crippen LogP contribution in [0.2, 0.25) is 0 Å². The molecule has 0 fully saturated rings. The summed E-state index contributed by atoms with van der Waals surface area (Å²) in [6.07, 6.45) is 0. The summed E-state index contributed by atoms with van der Waals surface area (Å²) in [5.74, 6) is -0.577. The maximum atomic E-state index is 11.7. The van der Waals surface area contributed by atoms with E-state index in [2.05, 4.69) is 0 Å². The average molecular weight is 291 g/mol. The van der Waals surface area contributed by atoms with Crippen LogP contribution in [-0.4, -0.2) is 11.5 Å². The van der Waals surface area contributed by atoms with E-state index in [4.69, 9.17) is 21.1 Å². The summed E-state index contributed by atoms with van der Waals surface area (Å²) in [7, 11) is 0. The molecular weight excluding hydrogens is 276 g/mol. The van der Waals surface area contributed by atoms with Crippen molar-refractivity contribution in [1.29, 1.82) is 0 Å². The lowest BCUT2D eigenvalue weighted by molar-refractivity contribution is -0.153. The summed E-state index contributed by atoms with van der Waals surface area (Å²) in [5, 5.41) is 0. The van der Waals surface area contributed by atoms with Gasteiger partial charge in [0.05, 0.1) is 6.61 Å². The van der Waals surface area contributed by atoms with Crippen LogP contribution in [0.15, 0.2) is 60.7 Å². The van der Waals surface area contributed by atoms with Gasteiger partial charge < -0.3 is 9.47 Å². The van der Waals surface area contributed by atoms with Crippen LogP contribution in [0, 0.1) is 0 Å². The van der Waals surface area contributed by atoms with Gasteiger partial charge in [0.2, 0.25) is 5.56 Å². The largest absolute Gasteiger partial charge is 0.458 e. The van der Waals surface area contributed by atoms with E-state index in [1.165, 1.54) is 0 Å². The lowest BCUT2D eigenvalue weighted by Crippen LogP contribution is -2.20. The van der Waals surface area contributed by atoms with Crippen LogP contribution in [0.5, 0.6) is 0 Å². The zero-order chi connectivity index (χ0) is 14.2. The van der Waals surface area contributed by atoms with Crippen molar-refractivity contribution in [3.63, 3.8) is 0 Å². The first-order chi connectivity index (χ1) is 9.75. The van der Waals surface area contributed by atoms with Crippen LogP contribution in [0.4, 0.5) is 0 Å². The Balaban J connectivity index is 1.75. The van der Waals surface area contributed by atoms with Crippen molar-refractivity contribution in [1.82, 2.24) is 0 Å². The first-order valence-corrected chi connectivity index (χ1v) is 6.69. The van der Waals surface area contributed by atoms with Gasteiger partial charge in [-0.15, -0.1) is 0 Å². The van der Waals surface area contributed by atoms with Gasteiger partial charge in [0.1, 0.15) is 6.61 Å². The Kier molecular flexibility index (Phi) is 5.59. The summed E-state index contributed by atoms with van der Waals surface area (Å²) in [6, 6.07) is 18.9. The van der Waals surface area contributed by atoms with Crippen LogP contribution in [0.1, 0.15) is 11.1 Å². The fourth-order valence-corrected chi connectivity index (χ4v) is 1.73. The molecule has 0 heterocycles. The second kappa shape index (κ2) is 7.68. The third-order valence-corrected chi connectivity index (χ3v) is 2.95. The monoisotopic (exact) mass is 290 g/mol. The molecule has 0 radical (unpaired) electrons. The highest BCUT2D eigenvalue weighted by Crippen LogP contribution is 2.09. The number of hydrogen-bond donors (Lipinski definition) is 0. The second-order valence-electron chi connectivity index (χ2n) is 4.21. The molecule has 0 spiro atoms. The molecule has 2 aromatic carbocycles. The molecule has 0 N–H and O–H groups in total. The molecule has 0 amide bonds. The Morgan fingerprint density at radius 1 is 0.900 bits per heavy atom.